The third-order valence-electron chi connectivity index (χ3n) is 5.49. The minimum absolute atomic E-state index is 0.124. The molecule has 1 atom stereocenters. The quantitative estimate of drug-likeness (QED) is 0.506. The van der Waals surface area contributed by atoms with Crippen molar-refractivity contribution < 1.29 is 9.53 Å². The standard InChI is InChI=1S/C25H22N4O2/c1-3-31-19-13-11-18(12-14-19)29-24(20-6-4-5-15-26-20)21-22(27-28-23(21)25(29)30)17-9-7-16(2)8-10-17/h4-15,24H,3H2,1-2H3,(H,27,28)/t24-/m1/s1. The number of pyridine rings is 1. The number of carbonyl (C=O) groups is 1. The van der Waals surface area contributed by atoms with Crippen LogP contribution in [0.25, 0.3) is 11.3 Å². The molecule has 2 aromatic carbocycles. The van der Waals surface area contributed by atoms with E-state index in [1.165, 1.54) is 5.56 Å². The van der Waals surface area contributed by atoms with Gasteiger partial charge in [-0.3, -0.25) is 19.8 Å². The van der Waals surface area contributed by atoms with Crippen LogP contribution in [0.4, 0.5) is 5.69 Å². The van der Waals surface area contributed by atoms with Crippen molar-refractivity contribution in [3.8, 4) is 17.0 Å². The Bertz CT molecular complexity index is 1210. The minimum atomic E-state index is -0.378. The third kappa shape index (κ3) is 3.26. The molecule has 2 aromatic heterocycles. The Morgan fingerprint density at radius 2 is 1.81 bits per heavy atom. The second-order valence-corrected chi connectivity index (χ2v) is 7.49. The van der Waals surface area contributed by atoms with Gasteiger partial charge in [0.1, 0.15) is 17.5 Å². The molecule has 5 rings (SSSR count). The molecule has 154 valence electrons. The van der Waals surface area contributed by atoms with Crippen molar-refractivity contribution in [2.24, 2.45) is 0 Å². The first kappa shape index (κ1) is 19.1. The Morgan fingerprint density at radius 3 is 2.48 bits per heavy atom. The highest BCUT2D eigenvalue weighted by Gasteiger charge is 2.43. The molecule has 6 nitrogen and oxygen atoms in total. The zero-order chi connectivity index (χ0) is 21.4. The average molecular weight is 410 g/mol. The summed E-state index contributed by atoms with van der Waals surface area (Å²) >= 11 is 0. The Morgan fingerprint density at radius 1 is 1.03 bits per heavy atom. The molecule has 1 N–H and O–H groups in total. The van der Waals surface area contributed by atoms with Crippen LogP contribution in [-0.2, 0) is 0 Å². The molecular weight excluding hydrogens is 388 g/mol. The predicted octanol–water partition coefficient (Wildman–Crippen LogP) is 4.93. The van der Waals surface area contributed by atoms with Crippen molar-refractivity contribution >= 4 is 11.6 Å². The predicted molar refractivity (Wildman–Crippen MR) is 119 cm³/mol. The number of hydrogen-bond acceptors (Lipinski definition) is 4. The maximum absolute atomic E-state index is 13.5. The van der Waals surface area contributed by atoms with Crippen molar-refractivity contribution in [1.29, 1.82) is 0 Å². The fourth-order valence-corrected chi connectivity index (χ4v) is 4.03. The Kier molecular flexibility index (Phi) is 4.75. The summed E-state index contributed by atoms with van der Waals surface area (Å²) < 4.78 is 5.56. The lowest BCUT2D eigenvalue weighted by Gasteiger charge is -2.25. The summed E-state index contributed by atoms with van der Waals surface area (Å²) in [6.45, 7) is 4.59. The van der Waals surface area contributed by atoms with E-state index >= 15 is 0 Å². The smallest absolute Gasteiger partial charge is 0.277 e. The van der Waals surface area contributed by atoms with Gasteiger partial charge in [0, 0.05) is 23.0 Å². The van der Waals surface area contributed by atoms with Crippen LogP contribution < -0.4 is 9.64 Å². The van der Waals surface area contributed by atoms with Gasteiger partial charge in [-0.15, -0.1) is 0 Å². The normalized spacial score (nSPS) is 15.2. The lowest BCUT2D eigenvalue weighted by Crippen LogP contribution is -2.29. The molecule has 0 radical (unpaired) electrons. The first-order valence-electron chi connectivity index (χ1n) is 10.3. The molecule has 31 heavy (non-hydrogen) atoms. The number of aromatic nitrogens is 3. The van der Waals surface area contributed by atoms with Gasteiger partial charge in [-0.1, -0.05) is 35.9 Å². The van der Waals surface area contributed by atoms with E-state index in [1.807, 2.05) is 80.6 Å². The van der Waals surface area contributed by atoms with E-state index < -0.39 is 0 Å². The van der Waals surface area contributed by atoms with Crippen LogP contribution in [0.15, 0.2) is 72.9 Å². The van der Waals surface area contributed by atoms with Gasteiger partial charge < -0.3 is 4.74 Å². The van der Waals surface area contributed by atoms with Crippen molar-refractivity contribution in [3.63, 3.8) is 0 Å². The number of amides is 1. The first-order valence-corrected chi connectivity index (χ1v) is 10.3. The van der Waals surface area contributed by atoms with Gasteiger partial charge in [-0.2, -0.15) is 5.10 Å². The molecule has 0 spiro atoms. The summed E-state index contributed by atoms with van der Waals surface area (Å²) in [6, 6.07) is 21.1. The van der Waals surface area contributed by atoms with Gasteiger partial charge >= 0.3 is 0 Å². The summed E-state index contributed by atoms with van der Waals surface area (Å²) in [4.78, 5) is 19.8. The van der Waals surface area contributed by atoms with Crippen LogP contribution in [-0.4, -0.2) is 27.7 Å². The highest BCUT2D eigenvalue weighted by atomic mass is 16.5. The van der Waals surface area contributed by atoms with Crippen LogP contribution in [0.5, 0.6) is 5.75 Å². The number of H-pyrrole nitrogens is 1. The number of hydrogen-bond donors (Lipinski definition) is 1. The summed E-state index contributed by atoms with van der Waals surface area (Å²) in [5.41, 5.74) is 5.82. The van der Waals surface area contributed by atoms with Crippen molar-refractivity contribution in [3.05, 3.63) is 95.4 Å². The molecule has 6 heteroatoms. The van der Waals surface area contributed by atoms with E-state index in [0.29, 0.717) is 12.3 Å². The van der Waals surface area contributed by atoms with Crippen LogP contribution >= 0.6 is 0 Å². The van der Waals surface area contributed by atoms with Gasteiger partial charge in [-0.25, -0.2) is 0 Å². The Hall–Kier alpha value is -3.93. The van der Waals surface area contributed by atoms with Crippen LogP contribution in [0.3, 0.4) is 0 Å². The number of fused-ring (bicyclic) bond motifs is 1. The van der Waals surface area contributed by atoms with E-state index in [0.717, 1.165) is 34.0 Å². The lowest BCUT2D eigenvalue weighted by atomic mass is 9.98. The summed E-state index contributed by atoms with van der Waals surface area (Å²) in [5, 5.41) is 7.50. The van der Waals surface area contributed by atoms with Crippen molar-refractivity contribution in [1.82, 2.24) is 15.2 Å². The first-order chi connectivity index (χ1) is 15.2. The van der Waals surface area contributed by atoms with Crippen LogP contribution in [0, 0.1) is 6.92 Å². The number of rotatable bonds is 5. The van der Waals surface area contributed by atoms with Gasteiger partial charge in [0.15, 0.2) is 0 Å². The Labute approximate surface area is 180 Å². The van der Waals surface area contributed by atoms with E-state index in [2.05, 4.69) is 15.2 Å². The number of carbonyl (C=O) groups excluding carboxylic acids is 1. The van der Waals surface area contributed by atoms with Gasteiger partial charge in [0.25, 0.3) is 5.91 Å². The minimum Gasteiger partial charge on any atom is -0.494 e. The third-order valence-corrected chi connectivity index (χ3v) is 5.49. The summed E-state index contributed by atoms with van der Waals surface area (Å²) in [7, 11) is 0. The highest BCUT2D eigenvalue weighted by Crippen LogP contribution is 2.44. The number of nitrogens with one attached hydrogen (secondary N) is 1. The zero-order valence-electron chi connectivity index (χ0n) is 17.4. The van der Waals surface area contributed by atoms with Gasteiger partial charge in [0.05, 0.1) is 18.0 Å². The molecule has 0 saturated heterocycles. The second-order valence-electron chi connectivity index (χ2n) is 7.49. The Balaban J connectivity index is 1.65. The second kappa shape index (κ2) is 7.72. The molecule has 4 aromatic rings. The molecule has 0 fully saturated rings. The zero-order valence-corrected chi connectivity index (χ0v) is 17.4. The molecule has 0 unspecified atom stereocenters. The lowest BCUT2D eigenvalue weighted by molar-refractivity contribution is 0.0988. The van der Waals surface area contributed by atoms with E-state index in [9.17, 15) is 4.79 Å². The maximum Gasteiger partial charge on any atom is 0.277 e. The molecule has 1 amide bonds. The number of aromatic amines is 1. The van der Waals surface area contributed by atoms with Crippen LogP contribution in [0.1, 0.15) is 40.3 Å². The van der Waals surface area contributed by atoms with E-state index in [4.69, 9.17) is 4.74 Å². The molecule has 3 heterocycles. The monoisotopic (exact) mass is 410 g/mol. The fourth-order valence-electron chi connectivity index (χ4n) is 4.03. The number of anilines is 1. The topological polar surface area (TPSA) is 71.1 Å². The van der Waals surface area contributed by atoms with E-state index in [1.54, 1.807) is 11.1 Å². The number of nitrogens with zero attached hydrogens (tertiary/aromatic N) is 3. The van der Waals surface area contributed by atoms with Crippen molar-refractivity contribution in [2.45, 2.75) is 19.9 Å². The van der Waals surface area contributed by atoms with E-state index in [-0.39, 0.29) is 11.9 Å². The van der Waals surface area contributed by atoms with Gasteiger partial charge in [0.2, 0.25) is 0 Å². The number of aryl methyl sites for hydroxylation is 1. The fraction of sp³-hybridized carbons (Fsp3) is 0.160. The molecule has 0 saturated carbocycles. The highest BCUT2D eigenvalue weighted by molar-refractivity contribution is 6.11. The molecule has 0 aliphatic carbocycles. The largest absolute Gasteiger partial charge is 0.494 e. The van der Waals surface area contributed by atoms with Gasteiger partial charge in [-0.05, 0) is 50.2 Å². The SMILES string of the molecule is CCOc1ccc(N2C(=O)c3[nH]nc(-c4ccc(C)cc4)c3[C@H]2c2ccccn2)cc1. The van der Waals surface area contributed by atoms with Crippen LogP contribution in [0.2, 0.25) is 0 Å². The molecule has 1 aliphatic heterocycles. The van der Waals surface area contributed by atoms with Crippen molar-refractivity contribution in [2.75, 3.05) is 11.5 Å². The maximum atomic E-state index is 13.5. The summed E-state index contributed by atoms with van der Waals surface area (Å²) in [5.74, 6) is 0.647. The summed E-state index contributed by atoms with van der Waals surface area (Å²) in [6.07, 6.45) is 1.75. The average Bonchev–Trinajstić information content (AvgIpc) is 3.35. The molecule has 0 bridgehead atoms. The number of ether oxygens (including phenoxy) is 1. The molecule has 1 aliphatic rings. The number of benzene rings is 2. The molecular formula is C25H22N4O2.